The predicted octanol–water partition coefficient (Wildman–Crippen LogP) is 4.47. The van der Waals surface area contributed by atoms with Gasteiger partial charge in [-0.3, -0.25) is 10.1 Å². The van der Waals surface area contributed by atoms with E-state index in [1.54, 1.807) is 6.07 Å². The highest BCUT2D eigenvalue weighted by Gasteiger charge is 2.10. The summed E-state index contributed by atoms with van der Waals surface area (Å²) in [6.07, 6.45) is 0.797. The Morgan fingerprint density at radius 2 is 1.71 bits per heavy atom. The first-order valence-corrected chi connectivity index (χ1v) is 8.79. The van der Waals surface area contributed by atoms with Gasteiger partial charge in [-0.2, -0.15) is 0 Å². The summed E-state index contributed by atoms with van der Waals surface area (Å²) in [6, 6.07) is 21.8. The van der Waals surface area contributed by atoms with E-state index < -0.39 is 0 Å². The molecule has 1 amide bonds. The summed E-state index contributed by atoms with van der Waals surface area (Å²) in [6.45, 7) is 0. The summed E-state index contributed by atoms with van der Waals surface area (Å²) in [5.41, 5.74) is 3.24. The second-order valence-corrected chi connectivity index (χ2v) is 6.56. The van der Waals surface area contributed by atoms with Gasteiger partial charge in [0.25, 0.3) is 5.91 Å². The molecule has 3 nitrogen and oxygen atoms in total. The first kappa shape index (κ1) is 16.4. The SMILES string of the molecule is O=C(NC(=S)Nc1ccccc1Cc1ccccc1)c1cccs1. The average molecular weight is 352 g/mol. The fourth-order valence-electron chi connectivity index (χ4n) is 2.34. The molecule has 0 bridgehead atoms. The third kappa shape index (κ3) is 4.28. The van der Waals surface area contributed by atoms with Crippen molar-refractivity contribution in [3.8, 4) is 0 Å². The predicted molar refractivity (Wildman–Crippen MR) is 104 cm³/mol. The van der Waals surface area contributed by atoms with Crippen molar-refractivity contribution >= 4 is 40.3 Å². The van der Waals surface area contributed by atoms with E-state index in [0.29, 0.717) is 9.99 Å². The maximum Gasteiger partial charge on any atom is 0.267 e. The second-order valence-electron chi connectivity index (χ2n) is 5.21. The van der Waals surface area contributed by atoms with Crippen LogP contribution in [0.5, 0.6) is 0 Å². The summed E-state index contributed by atoms with van der Waals surface area (Å²) < 4.78 is 0. The molecule has 24 heavy (non-hydrogen) atoms. The van der Waals surface area contributed by atoms with Crippen LogP contribution in [0.1, 0.15) is 20.8 Å². The van der Waals surface area contributed by atoms with Crippen LogP contribution in [0.3, 0.4) is 0 Å². The zero-order valence-corrected chi connectivity index (χ0v) is 14.5. The van der Waals surface area contributed by atoms with Crippen molar-refractivity contribution in [3.63, 3.8) is 0 Å². The molecule has 1 aromatic heterocycles. The molecule has 0 unspecified atom stereocenters. The van der Waals surface area contributed by atoms with Crippen molar-refractivity contribution in [3.05, 3.63) is 88.1 Å². The largest absolute Gasteiger partial charge is 0.332 e. The minimum absolute atomic E-state index is 0.192. The van der Waals surface area contributed by atoms with Crippen molar-refractivity contribution in [2.24, 2.45) is 0 Å². The monoisotopic (exact) mass is 352 g/mol. The summed E-state index contributed by atoms with van der Waals surface area (Å²) in [5, 5.41) is 8.00. The zero-order chi connectivity index (χ0) is 16.8. The van der Waals surface area contributed by atoms with Gasteiger partial charge in [-0.1, -0.05) is 54.6 Å². The third-order valence-electron chi connectivity index (χ3n) is 3.47. The number of para-hydroxylation sites is 1. The Kier molecular flexibility index (Phi) is 5.36. The molecule has 1 heterocycles. The lowest BCUT2D eigenvalue weighted by Crippen LogP contribution is -2.33. The number of amides is 1. The molecule has 0 aliphatic carbocycles. The fraction of sp³-hybridized carbons (Fsp3) is 0.0526. The lowest BCUT2D eigenvalue weighted by Gasteiger charge is -2.13. The van der Waals surface area contributed by atoms with Gasteiger partial charge in [-0.15, -0.1) is 11.3 Å². The molecule has 0 atom stereocenters. The number of benzene rings is 2. The highest BCUT2D eigenvalue weighted by molar-refractivity contribution is 7.80. The maximum absolute atomic E-state index is 12.1. The highest BCUT2D eigenvalue weighted by Crippen LogP contribution is 2.19. The molecular weight excluding hydrogens is 336 g/mol. The van der Waals surface area contributed by atoms with Gasteiger partial charge < -0.3 is 5.32 Å². The number of hydrogen-bond donors (Lipinski definition) is 2. The van der Waals surface area contributed by atoms with Gasteiger partial charge in [0, 0.05) is 5.69 Å². The number of thiophene rings is 1. The molecule has 0 radical (unpaired) electrons. The number of thiocarbonyl (C=S) groups is 1. The Morgan fingerprint density at radius 1 is 0.958 bits per heavy atom. The third-order valence-corrected chi connectivity index (χ3v) is 4.55. The van der Waals surface area contributed by atoms with Crippen LogP contribution in [0.25, 0.3) is 0 Å². The normalized spacial score (nSPS) is 10.2. The van der Waals surface area contributed by atoms with Crippen LogP contribution < -0.4 is 10.6 Å². The standard InChI is InChI=1S/C19H16N2OS2/c22-18(17-11-6-12-24-17)21-19(23)20-16-10-5-4-9-15(16)13-14-7-2-1-3-8-14/h1-12H,13H2,(H2,20,21,22,23). The van der Waals surface area contributed by atoms with Crippen LogP contribution in [-0.2, 0) is 6.42 Å². The Hall–Kier alpha value is -2.50. The lowest BCUT2D eigenvalue weighted by atomic mass is 10.0. The number of carbonyl (C=O) groups excluding carboxylic acids is 1. The van der Waals surface area contributed by atoms with E-state index in [2.05, 4.69) is 28.8 Å². The number of rotatable bonds is 4. The molecule has 0 saturated carbocycles. The first-order chi connectivity index (χ1) is 11.7. The van der Waals surface area contributed by atoms with Gasteiger partial charge in [-0.05, 0) is 47.3 Å². The quantitative estimate of drug-likeness (QED) is 0.681. The van der Waals surface area contributed by atoms with E-state index in [0.717, 1.165) is 17.7 Å². The molecule has 0 fully saturated rings. The molecule has 3 aromatic rings. The molecule has 120 valence electrons. The summed E-state index contributed by atoms with van der Waals surface area (Å²) in [7, 11) is 0. The molecular formula is C19H16N2OS2. The van der Waals surface area contributed by atoms with E-state index >= 15 is 0 Å². The van der Waals surface area contributed by atoms with Crippen molar-refractivity contribution < 1.29 is 4.79 Å². The van der Waals surface area contributed by atoms with Gasteiger partial charge in [0.15, 0.2) is 5.11 Å². The summed E-state index contributed by atoms with van der Waals surface area (Å²) in [4.78, 5) is 12.7. The molecule has 0 aliphatic rings. The van der Waals surface area contributed by atoms with Crippen LogP contribution >= 0.6 is 23.6 Å². The molecule has 2 N–H and O–H groups in total. The maximum atomic E-state index is 12.1. The highest BCUT2D eigenvalue weighted by atomic mass is 32.1. The van der Waals surface area contributed by atoms with Gasteiger partial charge >= 0.3 is 0 Å². The van der Waals surface area contributed by atoms with Gasteiger partial charge in [0.2, 0.25) is 0 Å². The van der Waals surface area contributed by atoms with E-state index in [1.165, 1.54) is 16.9 Å². The number of carbonyl (C=O) groups is 1. The molecule has 0 saturated heterocycles. The van der Waals surface area contributed by atoms with Crippen LogP contribution in [-0.4, -0.2) is 11.0 Å². The average Bonchev–Trinajstić information content (AvgIpc) is 3.12. The summed E-state index contributed by atoms with van der Waals surface area (Å²) >= 11 is 6.66. The summed E-state index contributed by atoms with van der Waals surface area (Å²) in [5.74, 6) is -0.192. The van der Waals surface area contributed by atoms with Crippen molar-refractivity contribution in [2.45, 2.75) is 6.42 Å². The molecule has 0 aliphatic heterocycles. The van der Waals surface area contributed by atoms with Crippen molar-refractivity contribution in [1.29, 1.82) is 0 Å². The molecule has 2 aromatic carbocycles. The van der Waals surface area contributed by atoms with E-state index in [1.807, 2.05) is 47.8 Å². The smallest absolute Gasteiger partial charge is 0.267 e. The Bertz CT molecular complexity index is 830. The topological polar surface area (TPSA) is 41.1 Å². The Balaban J connectivity index is 1.68. The van der Waals surface area contributed by atoms with Gasteiger partial charge in [0.05, 0.1) is 4.88 Å². The van der Waals surface area contributed by atoms with Gasteiger partial charge in [0.1, 0.15) is 0 Å². The van der Waals surface area contributed by atoms with Crippen LogP contribution in [0.15, 0.2) is 72.1 Å². The number of anilines is 1. The van der Waals surface area contributed by atoms with Crippen LogP contribution in [0.2, 0.25) is 0 Å². The van der Waals surface area contributed by atoms with Gasteiger partial charge in [-0.25, -0.2) is 0 Å². The first-order valence-electron chi connectivity index (χ1n) is 7.50. The Morgan fingerprint density at radius 3 is 2.46 bits per heavy atom. The van der Waals surface area contributed by atoms with E-state index in [-0.39, 0.29) is 5.91 Å². The minimum Gasteiger partial charge on any atom is -0.332 e. The van der Waals surface area contributed by atoms with E-state index in [9.17, 15) is 4.79 Å². The van der Waals surface area contributed by atoms with Crippen molar-refractivity contribution in [1.82, 2.24) is 5.32 Å². The number of hydrogen-bond acceptors (Lipinski definition) is 3. The van der Waals surface area contributed by atoms with E-state index in [4.69, 9.17) is 12.2 Å². The van der Waals surface area contributed by atoms with Crippen LogP contribution in [0, 0.1) is 0 Å². The Labute approximate surface area is 150 Å². The minimum atomic E-state index is -0.192. The lowest BCUT2D eigenvalue weighted by molar-refractivity contribution is 0.0981. The molecule has 3 rings (SSSR count). The second kappa shape index (κ2) is 7.86. The molecule has 0 spiro atoms. The fourth-order valence-corrected chi connectivity index (χ4v) is 3.16. The molecule has 5 heteroatoms. The zero-order valence-electron chi connectivity index (χ0n) is 12.9. The van der Waals surface area contributed by atoms with Crippen LogP contribution in [0.4, 0.5) is 5.69 Å². The number of nitrogens with one attached hydrogen (secondary N) is 2. The van der Waals surface area contributed by atoms with Crippen molar-refractivity contribution in [2.75, 3.05) is 5.32 Å².